The number of amides is 2. The van der Waals surface area contributed by atoms with Gasteiger partial charge in [0.2, 0.25) is 5.91 Å². The molecule has 4 N–H and O–H groups in total. The molecule has 0 bridgehead atoms. The third-order valence-electron chi connectivity index (χ3n) is 8.84. The zero-order chi connectivity index (χ0) is 36.3. The highest BCUT2D eigenvalue weighted by atomic mass is 32.2. The number of para-hydroxylation sites is 1. The van der Waals surface area contributed by atoms with Gasteiger partial charge in [-0.2, -0.15) is 0 Å². The number of unbranched alkanes of at least 4 members (excludes halogenated alkanes) is 2. The first-order valence-electron chi connectivity index (χ1n) is 16.9. The summed E-state index contributed by atoms with van der Waals surface area (Å²) in [5.41, 5.74) is 1.36. The van der Waals surface area contributed by atoms with Crippen LogP contribution in [0.2, 0.25) is 0 Å². The van der Waals surface area contributed by atoms with Gasteiger partial charge in [0.15, 0.2) is 16.4 Å². The van der Waals surface area contributed by atoms with Gasteiger partial charge in [0, 0.05) is 30.3 Å². The van der Waals surface area contributed by atoms with E-state index in [0.29, 0.717) is 22.7 Å². The Morgan fingerprint density at radius 3 is 2.26 bits per heavy atom. The number of carboxylic acids is 1. The van der Waals surface area contributed by atoms with Crippen LogP contribution in [0.5, 0.6) is 11.5 Å². The zero-order valence-corrected chi connectivity index (χ0v) is 30.4. The van der Waals surface area contributed by atoms with Crippen LogP contribution < -0.4 is 20.3 Å². The second-order valence-corrected chi connectivity index (χ2v) is 15.5. The number of hydrogen-bond donors (Lipinski definition) is 4. The van der Waals surface area contributed by atoms with Gasteiger partial charge in [-0.1, -0.05) is 69.9 Å². The number of aromatic hydroxyl groups is 1. The fourth-order valence-corrected chi connectivity index (χ4v) is 8.95. The fraction of sp³-hybridized carbons (Fsp3) is 0.432. The molecule has 1 aliphatic heterocycles. The highest BCUT2D eigenvalue weighted by Gasteiger charge is 2.42. The monoisotopic (exact) mass is 725 g/mol. The number of phenolic OH excluding ortho intramolecular Hbond substituents is 1. The molecule has 0 radical (unpaired) electrons. The maximum Gasteiger partial charge on any atom is 0.305 e. The number of hydrogen-bond acceptors (Lipinski definition) is 9. The van der Waals surface area contributed by atoms with Crippen molar-refractivity contribution in [3.63, 3.8) is 0 Å². The van der Waals surface area contributed by atoms with E-state index in [4.69, 9.17) is 9.84 Å². The maximum absolute atomic E-state index is 14.4. The number of rotatable bonds is 17. The molecule has 0 fully saturated rings. The Bertz CT molecular complexity index is 1730. The SMILES string of the molecule is CCCCC1(CCCC)CN(c2ccccc2)c2cc(SC)c(OCC(=O)N[C@@H](C(=O)NCCC(=O)O)c3ccc(O)cc3)cc2S(=O)(=O)C1. The summed E-state index contributed by atoms with van der Waals surface area (Å²) < 4.78 is 34.7. The molecular formula is C37H47N3O8S2. The van der Waals surface area contributed by atoms with Gasteiger partial charge in [-0.3, -0.25) is 14.4 Å². The lowest BCUT2D eigenvalue weighted by Gasteiger charge is -2.37. The third-order valence-corrected chi connectivity index (χ3v) is 11.6. The molecule has 11 nitrogen and oxygen atoms in total. The predicted octanol–water partition coefficient (Wildman–Crippen LogP) is 6.23. The molecule has 0 saturated heterocycles. The van der Waals surface area contributed by atoms with Crippen molar-refractivity contribution in [2.75, 3.05) is 36.6 Å². The number of benzene rings is 3. The molecule has 0 spiro atoms. The molecular weight excluding hydrogens is 679 g/mol. The molecule has 0 unspecified atom stereocenters. The Labute approximate surface area is 298 Å². The van der Waals surface area contributed by atoms with E-state index in [-0.39, 0.29) is 35.1 Å². The molecule has 270 valence electrons. The molecule has 0 saturated carbocycles. The zero-order valence-electron chi connectivity index (χ0n) is 28.8. The van der Waals surface area contributed by atoms with Crippen LogP contribution in [-0.2, 0) is 24.2 Å². The number of nitrogens with one attached hydrogen (secondary N) is 2. The minimum Gasteiger partial charge on any atom is -0.508 e. The van der Waals surface area contributed by atoms with Crippen molar-refractivity contribution in [3.8, 4) is 11.5 Å². The Morgan fingerprint density at radius 1 is 1.00 bits per heavy atom. The van der Waals surface area contributed by atoms with Crippen LogP contribution in [0.15, 0.2) is 76.5 Å². The molecule has 3 aromatic carbocycles. The highest BCUT2D eigenvalue weighted by molar-refractivity contribution is 7.98. The van der Waals surface area contributed by atoms with Crippen molar-refractivity contribution in [2.45, 2.75) is 74.6 Å². The number of nitrogens with zero attached hydrogens (tertiary/aromatic N) is 1. The Morgan fingerprint density at radius 2 is 1.66 bits per heavy atom. The summed E-state index contributed by atoms with van der Waals surface area (Å²) in [6.07, 6.45) is 6.86. The van der Waals surface area contributed by atoms with E-state index in [2.05, 4.69) is 29.4 Å². The average molecular weight is 726 g/mol. The molecule has 4 rings (SSSR count). The summed E-state index contributed by atoms with van der Waals surface area (Å²) in [6, 6.07) is 17.6. The van der Waals surface area contributed by atoms with Crippen LogP contribution in [0.25, 0.3) is 0 Å². The summed E-state index contributed by atoms with van der Waals surface area (Å²) in [7, 11) is -3.81. The molecule has 1 atom stereocenters. The van der Waals surface area contributed by atoms with E-state index in [1.54, 1.807) is 0 Å². The van der Waals surface area contributed by atoms with Crippen LogP contribution in [0, 0.1) is 5.41 Å². The quantitative estimate of drug-likeness (QED) is 0.117. The standard InChI is InChI=1S/C37H47N3O8S2/c1-4-6-18-37(19-7-5-2)24-40(27-11-9-8-10-12-27)29-21-31(49-3)30(22-32(29)50(46,47)25-37)48-23-33(42)39-35(26-13-15-28(41)16-14-26)36(45)38-20-17-34(43)44/h8-16,21-22,35,41H,4-7,17-20,23-25H2,1-3H3,(H,38,45)(H,39,42)(H,43,44)/t35-/m1/s1. The van der Waals surface area contributed by atoms with Gasteiger partial charge < -0.3 is 30.5 Å². The lowest BCUT2D eigenvalue weighted by molar-refractivity contribution is -0.137. The molecule has 50 heavy (non-hydrogen) atoms. The number of ether oxygens (including phenoxy) is 1. The fourth-order valence-electron chi connectivity index (χ4n) is 6.29. The van der Waals surface area contributed by atoms with Crippen molar-refractivity contribution in [3.05, 3.63) is 72.3 Å². The van der Waals surface area contributed by atoms with E-state index in [9.17, 15) is 27.9 Å². The van der Waals surface area contributed by atoms with Crippen molar-refractivity contribution < 1.29 is 37.8 Å². The number of thioether (sulfide) groups is 1. The van der Waals surface area contributed by atoms with E-state index in [1.807, 2.05) is 42.7 Å². The lowest BCUT2D eigenvalue weighted by Crippen LogP contribution is -2.42. The normalized spacial score (nSPS) is 15.3. The topological polar surface area (TPSA) is 162 Å². The Balaban J connectivity index is 1.66. The molecule has 2 amide bonds. The van der Waals surface area contributed by atoms with Crippen LogP contribution >= 0.6 is 11.8 Å². The van der Waals surface area contributed by atoms with E-state index in [1.165, 1.54) is 42.1 Å². The van der Waals surface area contributed by atoms with E-state index in [0.717, 1.165) is 44.2 Å². The number of phenols is 1. The first-order chi connectivity index (χ1) is 23.9. The summed E-state index contributed by atoms with van der Waals surface area (Å²) in [6.45, 7) is 4.11. The Kier molecular flexibility index (Phi) is 13.6. The smallest absolute Gasteiger partial charge is 0.305 e. The molecule has 0 aliphatic carbocycles. The largest absolute Gasteiger partial charge is 0.508 e. The third kappa shape index (κ3) is 9.94. The van der Waals surface area contributed by atoms with Gasteiger partial charge in [0.25, 0.3) is 5.91 Å². The minimum atomic E-state index is -3.81. The van der Waals surface area contributed by atoms with E-state index >= 15 is 0 Å². The second-order valence-electron chi connectivity index (χ2n) is 12.7. The number of carbonyl (C=O) groups excluding carboxylic acids is 2. The van der Waals surface area contributed by atoms with Gasteiger partial charge in [-0.05, 0) is 55.0 Å². The van der Waals surface area contributed by atoms with Crippen LogP contribution in [-0.4, -0.2) is 68.1 Å². The van der Waals surface area contributed by atoms with Crippen LogP contribution in [0.4, 0.5) is 11.4 Å². The second kappa shape index (κ2) is 17.6. The number of anilines is 2. The Hall–Kier alpha value is -4.23. The van der Waals surface area contributed by atoms with Gasteiger partial charge in [-0.15, -0.1) is 11.8 Å². The summed E-state index contributed by atoms with van der Waals surface area (Å²) in [5, 5.41) is 23.8. The first-order valence-corrected chi connectivity index (χ1v) is 19.8. The molecule has 1 aliphatic rings. The van der Waals surface area contributed by atoms with Gasteiger partial charge in [-0.25, -0.2) is 8.42 Å². The van der Waals surface area contributed by atoms with Crippen molar-refractivity contribution >= 4 is 50.8 Å². The highest BCUT2D eigenvalue weighted by Crippen LogP contribution is 2.47. The molecule has 13 heteroatoms. The maximum atomic E-state index is 14.4. The molecule has 1 heterocycles. The number of fused-ring (bicyclic) bond motifs is 1. The lowest BCUT2D eigenvalue weighted by atomic mass is 9.79. The van der Waals surface area contributed by atoms with Gasteiger partial charge >= 0.3 is 5.97 Å². The van der Waals surface area contributed by atoms with Crippen LogP contribution in [0.1, 0.15) is 70.4 Å². The number of carbonyl (C=O) groups is 3. The van der Waals surface area contributed by atoms with Crippen LogP contribution in [0.3, 0.4) is 0 Å². The average Bonchev–Trinajstić information content (AvgIpc) is 3.19. The molecule has 0 aromatic heterocycles. The van der Waals surface area contributed by atoms with Crippen molar-refractivity contribution in [1.82, 2.24) is 10.6 Å². The number of aliphatic carboxylic acids is 1. The van der Waals surface area contributed by atoms with Gasteiger partial charge in [0.05, 0.1) is 27.7 Å². The minimum absolute atomic E-state index is 0.000173. The van der Waals surface area contributed by atoms with Crippen molar-refractivity contribution in [1.29, 1.82) is 0 Å². The summed E-state index contributed by atoms with van der Waals surface area (Å²) >= 11 is 1.37. The first kappa shape index (κ1) is 38.6. The number of carboxylic acid groups (broad SMARTS) is 1. The van der Waals surface area contributed by atoms with E-state index < -0.39 is 45.7 Å². The summed E-state index contributed by atoms with van der Waals surface area (Å²) in [5.74, 6) is -2.19. The number of sulfone groups is 1. The predicted molar refractivity (Wildman–Crippen MR) is 195 cm³/mol. The molecule has 3 aromatic rings. The van der Waals surface area contributed by atoms with Gasteiger partial charge in [0.1, 0.15) is 17.5 Å². The van der Waals surface area contributed by atoms with Crippen molar-refractivity contribution in [2.24, 2.45) is 5.41 Å². The summed E-state index contributed by atoms with van der Waals surface area (Å²) in [4.78, 5) is 40.1.